The molecule has 0 radical (unpaired) electrons. The van der Waals surface area contributed by atoms with Crippen molar-refractivity contribution in [3.05, 3.63) is 121 Å². The molecule has 1 aromatic heterocycles. The molecule has 1 heterocycles. The highest BCUT2D eigenvalue weighted by Gasteiger charge is 2.15. The average molecular weight is 439 g/mol. The Bertz CT molecular complexity index is 1610. The Morgan fingerprint density at radius 1 is 0.471 bits per heavy atom. The third-order valence-electron chi connectivity index (χ3n) is 6.43. The van der Waals surface area contributed by atoms with Crippen LogP contribution in [0.1, 0.15) is 0 Å². The minimum absolute atomic E-state index is 0.484. The molecule has 0 atom stereocenters. The highest BCUT2D eigenvalue weighted by molar-refractivity contribution is 6.58. The van der Waals surface area contributed by atoms with Crippen LogP contribution in [0.4, 0.5) is 0 Å². The fourth-order valence-electron chi connectivity index (χ4n) is 4.72. The van der Waals surface area contributed by atoms with Gasteiger partial charge in [-0.05, 0) is 64.1 Å². The summed E-state index contributed by atoms with van der Waals surface area (Å²) in [5.74, 6) is 0. The lowest BCUT2D eigenvalue weighted by molar-refractivity contribution is 0.426. The normalized spacial score (nSPS) is 11.2. The molecule has 0 saturated carbocycles. The van der Waals surface area contributed by atoms with Gasteiger partial charge in [0, 0.05) is 16.5 Å². The van der Waals surface area contributed by atoms with Crippen molar-refractivity contribution in [3.8, 4) is 27.9 Å². The van der Waals surface area contributed by atoms with E-state index in [1.807, 2.05) is 24.3 Å². The van der Waals surface area contributed by atoms with E-state index in [0.717, 1.165) is 27.8 Å². The van der Waals surface area contributed by atoms with Gasteiger partial charge in [0.15, 0.2) is 0 Å². The average Bonchev–Trinajstić information content (AvgIpc) is 3.22. The summed E-state index contributed by atoms with van der Waals surface area (Å²) in [5.41, 5.74) is 8.43. The minimum atomic E-state index is -1.46. The number of aromatic nitrogens is 1. The summed E-state index contributed by atoms with van der Waals surface area (Å²) in [6.07, 6.45) is 0. The van der Waals surface area contributed by atoms with Gasteiger partial charge in [0.1, 0.15) is 0 Å². The van der Waals surface area contributed by atoms with E-state index in [9.17, 15) is 10.0 Å². The van der Waals surface area contributed by atoms with Gasteiger partial charge in [-0.1, -0.05) is 84.9 Å². The first kappa shape index (κ1) is 20.5. The van der Waals surface area contributed by atoms with Crippen LogP contribution in [0.25, 0.3) is 49.7 Å². The monoisotopic (exact) mass is 439 g/mol. The quantitative estimate of drug-likeness (QED) is 0.341. The molecule has 0 amide bonds. The Morgan fingerprint density at radius 3 is 1.47 bits per heavy atom. The van der Waals surface area contributed by atoms with E-state index in [4.69, 9.17) is 0 Å². The van der Waals surface area contributed by atoms with Gasteiger partial charge in [-0.3, -0.25) is 0 Å². The smallest absolute Gasteiger partial charge is 0.423 e. The Balaban J connectivity index is 1.60. The second-order valence-electron chi connectivity index (χ2n) is 8.50. The highest BCUT2D eigenvalue weighted by Crippen LogP contribution is 2.36. The van der Waals surface area contributed by atoms with Crippen LogP contribution in [0.3, 0.4) is 0 Å². The number of benzene rings is 5. The molecule has 0 fully saturated rings. The lowest BCUT2D eigenvalue weighted by atomic mass is 9.80. The van der Waals surface area contributed by atoms with E-state index >= 15 is 0 Å². The van der Waals surface area contributed by atoms with Crippen LogP contribution in [-0.2, 0) is 0 Å². The second kappa shape index (κ2) is 8.34. The van der Waals surface area contributed by atoms with Crippen molar-refractivity contribution in [2.24, 2.45) is 0 Å². The molecular weight excluding hydrogens is 417 g/mol. The maximum Gasteiger partial charge on any atom is 0.488 e. The number of rotatable bonds is 4. The highest BCUT2D eigenvalue weighted by atomic mass is 16.4. The van der Waals surface area contributed by atoms with Gasteiger partial charge in [0.2, 0.25) is 0 Å². The van der Waals surface area contributed by atoms with Crippen LogP contribution in [0, 0.1) is 0 Å². The number of hydrogen-bond acceptors (Lipinski definition) is 2. The third kappa shape index (κ3) is 3.50. The van der Waals surface area contributed by atoms with E-state index in [1.165, 1.54) is 21.9 Å². The molecular formula is C30H22BNO2. The van der Waals surface area contributed by atoms with Crippen molar-refractivity contribution in [3.63, 3.8) is 0 Å². The first-order valence-corrected chi connectivity index (χ1v) is 11.3. The van der Waals surface area contributed by atoms with Gasteiger partial charge in [-0.15, -0.1) is 0 Å². The molecule has 0 saturated heterocycles. The number of para-hydroxylation sites is 1. The lowest BCUT2D eigenvalue weighted by Crippen LogP contribution is -2.29. The minimum Gasteiger partial charge on any atom is -0.423 e. The fourth-order valence-corrected chi connectivity index (χ4v) is 4.72. The Labute approximate surface area is 198 Å². The number of hydrogen-bond donors (Lipinski definition) is 2. The van der Waals surface area contributed by atoms with Gasteiger partial charge in [0.25, 0.3) is 0 Å². The molecule has 0 aliphatic rings. The molecule has 162 valence electrons. The van der Waals surface area contributed by atoms with Crippen molar-refractivity contribution in [1.82, 2.24) is 4.57 Å². The Kier molecular flexibility index (Phi) is 5.03. The van der Waals surface area contributed by atoms with Crippen molar-refractivity contribution in [2.45, 2.75) is 0 Å². The molecule has 6 rings (SSSR count). The van der Waals surface area contributed by atoms with Gasteiger partial charge in [-0.2, -0.15) is 0 Å². The molecule has 2 N–H and O–H groups in total. The summed E-state index contributed by atoms with van der Waals surface area (Å²) in [6.45, 7) is 0. The molecule has 0 unspecified atom stereocenters. The molecule has 5 aromatic carbocycles. The van der Waals surface area contributed by atoms with Crippen molar-refractivity contribution < 1.29 is 10.0 Å². The predicted octanol–water partition coefficient (Wildman–Crippen LogP) is 5.80. The van der Waals surface area contributed by atoms with Crippen molar-refractivity contribution >= 4 is 34.4 Å². The third-order valence-corrected chi connectivity index (χ3v) is 6.43. The maximum absolute atomic E-state index is 9.43. The topological polar surface area (TPSA) is 45.4 Å². The van der Waals surface area contributed by atoms with Crippen molar-refractivity contribution in [2.75, 3.05) is 0 Å². The van der Waals surface area contributed by atoms with Crippen molar-refractivity contribution in [1.29, 1.82) is 0 Å². The molecule has 0 aliphatic heterocycles. The molecule has 0 spiro atoms. The standard InChI is InChI=1S/C30H22BNO2/c33-31(34)25-15-11-22(12-16-25)24-14-18-30-28(20-24)27-19-23(21-7-3-1-4-8-21)13-17-29(27)32(30)26-9-5-2-6-10-26/h1-20,33-34H. The molecule has 6 aromatic rings. The fraction of sp³-hybridized carbons (Fsp3) is 0. The summed E-state index contributed by atoms with van der Waals surface area (Å²) >= 11 is 0. The molecule has 3 nitrogen and oxygen atoms in total. The van der Waals surface area contributed by atoms with Crippen LogP contribution in [0.5, 0.6) is 0 Å². The molecule has 0 bridgehead atoms. The van der Waals surface area contributed by atoms with Crippen LogP contribution in [0.15, 0.2) is 121 Å². The van der Waals surface area contributed by atoms with E-state index in [1.54, 1.807) is 12.1 Å². The summed E-state index contributed by atoms with van der Waals surface area (Å²) in [7, 11) is -1.46. The van der Waals surface area contributed by atoms with Crippen LogP contribution < -0.4 is 5.46 Å². The SMILES string of the molecule is OB(O)c1ccc(-c2ccc3c(c2)c2cc(-c4ccccc4)ccc2n3-c2ccccc2)cc1. The van der Waals surface area contributed by atoms with Gasteiger partial charge in [0.05, 0.1) is 11.0 Å². The first-order chi connectivity index (χ1) is 16.7. The number of fused-ring (bicyclic) bond motifs is 3. The van der Waals surface area contributed by atoms with Crippen LogP contribution >= 0.6 is 0 Å². The second-order valence-corrected chi connectivity index (χ2v) is 8.50. The summed E-state index contributed by atoms with van der Waals surface area (Å²) in [6, 6.07) is 41.5. The molecule has 0 aliphatic carbocycles. The summed E-state index contributed by atoms with van der Waals surface area (Å²) < 4.78 is 2.31. The molecule has 34 heavy (non-hydrogen) atoms. The molecule has 4 heteroatoms. The zero-order valence-electron chi connectivity index (χ0n) is 18.5. The van der Waals surface area contributed by atoms with E-state index < -0.39 is 7.12 Å². The maximum atomic E-state index is 9.43. The van der Waals surface area contributed by atoms with Gasteiger partial charge < -0.3 is 14.6 Å². The van der Waals surface area contributed by atoms with Crippen LogP contribution in [-0.4, -0.2) is 21.7 Å². The lowest BCUT2D eigenvalue weighted by Gasteiger charge is -2.08. The van der Waals surface area contributed by atoms with E-state index in [-0.39, 0.29) is 0 Å². The summed E-state index contributed by atoms with van der Waals surface area (Å²) in [4.78, 5) is 0. The Hall–Kier alpha value is -4.12. The zero-order chi connectivity index (χ0) is 23.1. The Morgan fingerprint density at radius 2 is 0.941 bits per heavy atom. The largest absolute Gasteiger partial charge is 0.488 e. The van der Waals surface area contributed by atoms with Gasteiger partial charge >= 0.3 is 7.12 Å². The van der Waals surface area contributed by atoms with Crippen LogP contribution in [0.2, 0.25) is 0 Å². The zero-order valence-corrected chi connectivity index (χ0v) is 18.5. The number of nitrogens with zero attached hydrogens (tertiary/aromatic N) is 1. The van der Waals surface area contributed by atoms with Gasteiger partial charge in [-0.25, -0.2) is 0 Å². The first-order valence-electron chi connectivity index (χ1n) is 11.3. The summed E-state index contributed by atoms with van der Waals surface area (Å²) in [5, 5.41) is 21.2. The predicted molar refractivity (Wildman–Crippen MR) is 141 cm³/mol. The van der Waals surface area contributed by atoms with E-state index in [2.05, 4.69) is 89.5 Å². The van der Waals surface area contributed by atoms with E-state index in [0.29, 0.717) is 5.46 Å².